The van der Waals surface area contributed by atoms with Crippen LogP contribution in [-0.4, -0.2) is 63.1 Å². The minimum atomic E-state index is -3.66. The van der Waals surface area contributed by atoms with Gasteiger partial charge in [-0.25, -0.2) is 13.9 Å². The Hall–Kier alpha value is -2.72. The second kappa shape index (κ2) is 9.19. The molecule has 0 aromatic heterocycles. The molecule has 0 aliphatic carbocycles. The van der Waals surface area contributed by atoms with Gasteiger partial charge in [-0.1, -0.05) is 30.3 Å². The first-order chi connectivity index (χ1) is 15.0. The summed E-state index contributed by atoms with van der Waals surface area (Å²) in [6.07, 6.45) is 1.78. The van der Waals surface area contributed by atoms with Gasteiger partial charge in [-0.3, -0.25) is 10.0 Å². The molecule has 2 aliphatic heterocycles. The van der Waals surface area contributed by atoms with Crippen molar-refractivity contribution in [3.63, 3.8) is 0 Å². The maximum Gasteiger partial charge on any atom is 0.270 e. The molecule has 4 rings (SSSR count). The number of benzene rings is 2. The Balaban J connectivity index is 1.46. The molecular formula is C22H26N4O4S. The Labute approximate surface area is 182 Å². The number of hydroxylamine groups is 1. The molecule has 1 fully saturated rings. The quantitative estimate of drug-likeness (QED) is 0.480. The molecule has 0 atom stereocenters. The Morgan fingerprint density at radius 2 is 1.55 bits per heavy atom. The van der Waals surface area contributed by atoms with E-state index in [1.165, 1.54) is 16.1 Å². The normalized spacial score (nSPS) is 17.8. The summed E-state index contributed by atoms with van der Waals surface area (Å²) in [5, 5.41) is 12.1. The zero-order chi connectivity index (χ0) is 21.8. The van der Waals surface area contributed by atoms with Gasteiger partial charge < -0.3 is 10.2 Å². The van der Waals surface area contributed by atoms with Gasteiger partial charge in [0.15, 0.2) is 0 Å². The van der Waals surface area contributed by atoms with E-state index < -0.39 is 15.9 Å². The number of piperazine rings is 1. The number of sulfonamides is 1. The van der Waals surface area contributed by atoms with E-state index in [9.17, 15) is 13.2 Å². The number of carbonyl (C=O) groups excluding carboxylic acids is 1. The summed E-state index contributed by atoms with van der Waals surface area (Å²) < 4.78 is 27.2. The molecule has 0 bridgehead atoms. The number of rotatable bonds is 5. The molecule has 2 heterocycles. The Bertz CT molecular complexity index is 1060. The molecule has 2 aromatic rings. The predicted octanol–water partition coefficient (Wildman–Crippen LogP) is 1.59. The van der Waals surface area contributed by atoms with Crippen molar-refractivity contribution < 1.29 is 18.4 Å². The lowest BCUT2D eigenvalue weighted by molar-refractivity contribution is -0.125. The van der Waals surface area contributed by atoms with Crippen molar-refractivity contribution in [3.8, 4) is 11.1 Å². The predicted molar refractivity (Wildman–Crippen MR) is 118 cm³/mol. The Morgan fingerprint density at radius 1 is 0.935 bits per heavy atom. The fourth-order valence-corrected chi connectivity index (χ4v) is 5.28. The van der Waals surface area contributed by atoms with Gasteiger partial charge in [0.05, 0.1) is 4.90 Å². The zero-order valence-electron chi connectivity index (χ0n) is 17.1. The van der Waals surface area contributed by atoms with E-state index >= 15 is 0 Å². The van der Waals surface area contributed by atoms with Crippen LogP contribution in [0.25, 0.3) is 11.1 Å². The molecule has 8 nitrogen and oxygen atoms in total. The van der Waals surface area contributed by atoms with Gasteiger partial charge >= 0.3 is 0 Å². The smallest absolute Gasteiger partial charge is 0.270 e. The first-order valence-electron chi connectivity index (χ1n) is 10.3. The summed E-state index contributed by atoms with van der Waals surface area (Å²) in [5.74, 6) is -0.593. The summed E-state index contributed by atoms with van der Waals surface area (Å²) in [6.45, 7) is 4.24. The minimum Gasteiger partial charge on any atom is -0.369 e. The average molecular weight is 443 g/mol. The third-order valence-corrected chi connectivity index (χ3v) is 7.62. The third-order valence-electron chi connectivity index (χ3n) is 5.74. The van der Waals surface area contributed by atoms with Gasteiger partial charge in [-0.05, 0) is 41.8 Å². The van der Waals surface area contributed by atoms with Gasteiger partial charge in [0.25, 0.3) is 5.91 Å². The lowest BCUT2D eigenvalue weighted by Gasteiger charge is -2.29. The molecule has 3 N–H and O–H groups in total. The van der Waals surface area contributed by atoms with Gasteiger partial charge in [-0.2, -0.15) is 4.31 Å². The lowest BCUT2D eigenvalue weighted by atomic mass is 10.1. The highest BCUT2D eigenvalue weighted by Crippen LogP contribution is 2.26. The standard InChI is InChI=1S/C22H26N4O4S/c27-22(24-28)19-9-13-26(14-10-19)31(29,30)21-7-3-18(4-8-21)17-1-5-20(6-2-17)25-15-11-23-12-16-25/h1-9,23,28H,10-16H2,(H,24,27). The Kier molecular flexibility index (Phi) is 6.38. The van der Waals surface area contributed by atoms with Crippen molar-refractivity contribution in [1.82, 2.24) is 15.1 Å². The largest absolute Gasteiger partial charge is 0.369 e. The second-order valence-electron chi connectivity index (χ2n) is 7.59. The summed E-state index contributed by atoms with van der Waals surface area (Å²) in [6, 6.07) is 15.2. The van der Waals surface area contributed by atoms with Crippen LogP contribution in [0.3, 0.4) is 0 Å². The molecule has 0 unspecified atom stereocenters. The highest BCUT2D eigenvalue weighted by atomic mass is 32.2. The van der Waals surface area contributed by atoms with E-state index in [2.05, 4.69) is 34.5 Å². The van der Waals surface area contributed by atoms with Gasteiger partial charge in [0.2, 0.25) is 10.0 Å². The van der Waals surface area contributed by atoms with Gasteiger partial charge in [0, 0.05) is 50.5 Å². The van der Waals surface area contributed by atoms with Crippen LogP contribution in [0, 0.1) is 0 Å². The highest BCUT2D eigenvalue weighted by Gasteiger charge is 2.27. The number of nitrogens with one attached hydrogen (secondary N) is 2. The van der Waals surface area contributed by atoms with Crippen molar-refractivity contribution in [3.05, 3.63) is 60.2 Å². The van der Waals surface area contributed by atoms with Crippen molar-refractivity contribution in [1.29, 1.82) is 0 Å². The molecule has 1 saturated heterocycles. The highest BCUT2D eigenvalue weighted by molar-refractivity contribution is 7.89. The van der Waals surface area contributed by atoms with E-state index in [1.54, 1.807) is 17.6 Å². The minimum absolute atomic E-state index is 0.0975. The van der Waals surface area contributed by atoms with E-state index in [0.29, 0.717) is 5.57 Å². The lowest BCUT2D eigenvalue weighted by Crippen LogP contribution is -2.43. The molecule has 164 valence electrons. The summed E-state index contributed by atoms with van der Waals surface area (Å²) in [5.41, 5.74) is 5.14. The number of carbonyl (C=O) groups is 1. The van der Waals surface area contributed by atoms with Crippen LogP contribution < -0.4 is 15.7 Å². The second-order valence-corrected chi connectivity index (χ2v) is 9.53. The van der Waals surface area contributed by atoms with E-state index in [-0.39, 0.29) is 24.4 Å². The van der Waals surface area contributed by atoms with Gasteiger partial charge in [0.1, 0.15) is 0 Å². The molecule has 0 radical (unpaired) electrons. The number of hydrogen-bond donors (Lipinski definition) is 3. The summed E-state index contributed by atoms with van der Waals surface area (Å²) in [7, 11) is -3.66. The van der Waals surface area contributed by atoms with Crippen molar-refractivity contribution in [2.45, 2.75) is 11.3 Å². The van der Waals surface area contributed by atoms with Gasteiger partial charge in [-0.15, -0.1) is 0 Å². The summed E-state index contributed by atoms with van der Waals surface area (Å²) >= 11 is 0. The fraction of sp³-hybridized carbons (Fsp3) is 0.318. The molecule has 9 heteroatoms. The van der Waals surface area contributed by atoms with Crippen LogP contribution in [0.5, 0.6) is 0 Å². The van der Waals surface area contributed by atoms with E-state index in [1.807, 2.05) is 12.1 Å². The number of hydrogen-bond acceptors (Lipinski definition) is 6. The third kappa shape index (κ3) is 4.64. The van der Waals surface area contributed by atoms with Crippen molar-refractivity contribution in [2.75, 3.05) is 44.2 Å². The average Bonchev–Trinajstić information content (AvgIpc) is 2.84. The number of nitrogens with zero attached hydrogens (tertiary/aromatic N) is 2. The number of amides is 1. The number of anilines is 1. The molecule has 2 aromatic carbocycles. The van der Waals surface area contributed by atoms with Crippen molar-refractivity contribution in [2.24, 2.45) is 0 Å². The Morgan fingerprint density at radius 3 is 2.10 bits per heavy atom. The van der Waals surface area contributed by atoms with Crippen LogP contribution in [0.1, 0.15) is 6.42 Å². The van der Waals surface area contributed by atoms with Crippen LogP contribution in [0.4, 0.5) is 5.69 Å². The first kappa shape index (κ1) is 21.5. The zero-order valence-corrected chi connectivity index (χ0v) is 17.9. The van der Waals surface area contributed by atoms with Crippen LogP contribution in [0.2, 0.25) is 0 Å². The molecule has 0 spiro atoms. The molecule has 1 amide bonds. The van der Waals surface area contributed by atoms with Crippen LogP contribution >= 0.6 is 0 Å². The molecular weight excluding hydrogens is 416 g/mol. The molecule has 2 aliphatic rings. The first-order valence-corrected chi connectivity index (χ1v) is 11.7. The van der Waals surface area contributed by atoms with Crippen molar-refractivity contribution >= 4 is 21.6 Å². The topological polar surface area (TPSA) is 102 Å². The maximum atomic E-state index is 12.9. The maximum absolute atomic E-state index is 12.9. The monoisotopic (exact) mass is 442 g/mol. The summed E-state index contributed by atoms with van der Waals surface area (Å²) in [4.78, 5) is 14.0. The van der Waals surface area contributed by atoms with E-state index in [4.69, 9.17) is 5.21 Å². The van der Waals surface area contributed by atoms with Crippen LogP contribution in [-0.2, 0) is 14.8 Å². The molecule has 0 saturated carbocycles. The molecule has 31 heavy (non-hydrogen) atoms. The fourth-order valence-electron chi connectivity index (χ4n) is 3.90. The SMILES string of the molecule is O=C(NO)C1=CCN(S(=O)(=O)c2ccc(-c3ccc(N4CCNCC4)cc3)cc2)CC1. The van der Waals surface area contributed by atoms with E-state index in [0.717, 1.165) is 37.3 Å². The van der Waals surface area contributed by atoms with Crippen LogP contribution in [0.15, 0.2) is 65.1 Å².